The van der Waals surface area contributed by atoms with E-state index >= 15 is 0 Å². The van der Waals surface area contributed by atoms with E-state index in [4.69, 9.17) is 16.7 Å². The maximum Gasteiger partial charge on any atom is 0.511 e. The van der Waals surface area contributed by atoms with Crippen molar-refractivity contribution in [1.29, 1.82) is 0 Å². The van der Waals surface area contributed by atoms with Crippen molar-refractivity contribution in [1.82, 2.24) is 0 Å². The minimum Gasteiger partial charge on any atom is -0.449 e. The highest BCUT2D eigenvalue weighted by Crippen LogP contribution is 2.13. The predicted octanol–water partition coefficient (Wildman–Crippen LogP) is 2.48. The first-order valence-electron chi connectivity index (χ1n) is 3.28. The van der Waals surface area contributed by atoms with Crippen LogP contribution in [0.15, 0.2) is 24.3 Å². The van der Waals surface area contributed by atoms with Crippen molar-refractivity contribution in [3.63, 3.8) is 0 Å². The second-order valence-corrected chi connectivity index (χ2v) is 2.41. The zero-order valence-electron chi connectivity index (χ0n) is 6.16. The van der Waals surface area contributed by atoms with Crippen LogP contribution >= 0.6 is 11.6 Å². The maximum absolute atomic E-state index is 10.1. The van der Waals surface area contributed by atoms with E-state index in [9.17, 15) is 4.79 Å². The number of rotatable bonds is 2. The van der Waals surface area contributed by atoms with E-state index in [0.717, 1.165) is 5.56 Å². The lowest BCUT2D eigenvalue weighted by molar-refractivity contribution is 0.144. The third-order valence-electron chi connectivity index (χ3n) is 1.28. The van der Waals surface area contributed by atoms with Crippen LogP contribution in [0.4, 0.5) is 4.79 Å². The molecule has 0 heterocycles. The van der Waals surface area contributed by atoms with Gasteiger partial charge < -0.3 is 9.84 Å². The molecule has 0 fully saturated rings. The van der Waals surface area contributed by atoms with Crippen LogP contribution in [0.3, 0.4) is 0 Å². The van der Waals surface area contributed by atoms with Crippen LogP contribution in [-0.2, 0) is 5.88 Å². The molecule has 0 saturated carbocycles. The van der Waals surface area contributed by atoms with Gasteiger partial charge in [0, 0.05) is 5.88 Å². The maximum atomic E-state index is 10.1. The highest BCUT2D eigenvalue weighted by atomic mass is 35.5. The molecule has 3 nitrogen and oxygen atoms in total. The van der Waals surface area contributed by atoms with Gasteiger partial charge in [0.15, 0.2) is 0 Å². The van der Waals surface area contributed by atoms with Crippen molar-refractivity contribution in [2.45, 2.75) is 5.88 Å². The first kappa shape index (κ1) is 8.87. The Labute approximate surface area is 74.5 Å². The standard InChI is InChI=1S/C8H7ClO3/c9-5-6-1-3-7(4-2-6)12-8(10)11/h1-4H,5H2,(H,10,11). The number of carboxylic acid groups (broad SMARTS) is 1. The molecule has 1 rings (SSSR count). The summed E-state index contributed by atoms with van der Waals surface area (Å²) in [5.41, 5.74) is 0.925. The van der Waals surface area contributed by atoms with Gasteiger partial charge in [0.1, 0.15) is 5.75 Å². The molecule has 0 unspecified atom stereocenters. The number of hydrogen-bond donors (Lipinski definition) is 1. The van der Waals surface area contributed by atoms with Gasteiger partial charge in [-0.1, -0.05) is 12.1 Å². The van der Waals surface area contributed by atoms with Gasteiger partial charge in [0.05, 0.1) is 0 Å². The van der Waals surface area contributed by atoms with Crippen LogP contribution in [0, 0.1) is 0 Å². The van der Waals surface area contributed by atoms with E-state index in [1.54, 1.807) is 24.3 Å². The van der Waals surface area contributed by atoms with Gasteiger partial charge in [-0.25, -0.2) is 4.79 Å². The summed E-state index contributed by atoms with van der Waals surface area (Å²) in [7, 11) is 0. The largest absolute Gasteiger partial charge is 0.511 e. The van der Waals surface area contributed by atoms with Crippen molar-refractivity contribution < 1.29 is 14.6 Å². The normalized spacial score (nSPS) is 9.42. The van der Waals surface area contributed by atoms with E-state index in [1.165, 1.54) is 0 Å². The topological polar surface area (TPSA) is 46.5 Å². The van der Waals surface area contributed by atoms with Gasteiger partial charge in [0.2, 0.25) is 0 Å². The average Bonchev–Trinajstić information content (AvgIpc) is 2.05. The Morgan fingerprint density at radius 2 is 2.00 bits per heavy atom. The van der Waals surface area contributed by atoms with Gasteiger partial charge in [0.25, 0.3) is 0 Å². The summed E-state index contributed by atoms with van der Waals surface area (Å²) in [4.78, 5) is 10.1. The Balaban J connectivity index is 2.71. The summed E-state index contributed by atoms with van der Waals surface area (Å²) in [6.45, 7) is 0. The van der Waals surface area contributed by atoms with E-state index in [2.05, 4.69) is 4.74 Å². The molecule has 1 N–H and O–H groups in total. The highest BCUT2D eigenvalue weighted by molar-refractivity contribution is 6.17. The van der Waals surface area contributed by atoms with Gasteiger partial charge in [-0.15, -0.1) is 11.6 Å². The zero-order valence-corrected chi connectivity index (χ0v) is 6.91. The number of halogens is 1. The smallest absolute Gasteiger partial charge is 0.449 e. The molecule has 0 aliphatic heterocycles. The number of alkyl halides is 1. The van der Waals surface area contributed by atoms with Crippen molar-refractivity contribution in [3.05, 3.63) is 29.8 Å². The summed E-state index contributed by atoms with van der Waals surface area (Å²) in [5, 5.41) is 8.25. The lowest BCUT2D eigenvalue weighted by Gasteiger charge is -1.99. The second-order valence-electron chi connectivity index (χ2n) is 2.15. The first-order valence-corrected chi connectivity index (χ1v) is 3.81. The third kappa shape index (κ3) is 2.43. The van der Waals surface area contributed by atoms with Crippen molar-refractivity contribution in [3.8, 4) is 5.75 Å². The molecule has 0 aliphatic rings. The summed E-state index contributed by atoms with van der Waals surface area (Å²) in [5.74, 6) is 0.712. The summed E-state index contributed by atoms with van der Waals surface area (Å²) in [6.07, 6.45) is -1.31. The van der Waals surface area contributed by atoms with Crippen LogP contribution in [0.1, 0.15) is 5.56 Å². The number of hydrogen-bond acceptors (Lipinski definition) is 2. The third-order valence-corrected chi connectivity index (χ3v) is 1.59. The number of benzene rings is 1. The molecule has 12 heavy (non-hydrogen) atoms. The van der Waals surface area contributed by atoms with E-state index in [0.29, 0.717) is 11.6 Å². The molecule has 4 heteroatoms. The molecule has 1 aromatic carbocycles. The van der Waals surface area contributed by atoms with Gasteiger partial charge in [-0.2, -0.15) is 0 Å². The van der Waals surface area contributed by atoms with E-state index < -0.39 is 6.16 Å². The lowest BCUT2D eigenvalue weighted by Crippen LogP contribution is -2.02. The molecule has 0 aliphatic carbocycles. The van der Waals surface area contributed by atoms with Crippen LogP contribution in [0.2, 0.25) is 0 Å². The molecule has 0 spiro atoms. The fourth-order valence-electron chi connectivity index (χ4n) is 0.747. The minimum absolute atomic E-state index is 0.302. The fourth-order valence-corrected chi connectivity index (χ4v) is 0.926. The molecule has 0 bridgehead atoms. The van der Waals surface area contributed by atoms with E-state index in [-0.39, 0.29) is 0 Å². The quantitative estimate of drug-likeness (QED) is 0.439. The predicted molar refractivity (Wildman–Crippen MR) is 44.7 cm³/mol. The van der Waals surface area contributed by atoms with Crippen molar-refractivity contribution >= 4 is 17.8 Å². The van der Waals surface area contributed by atoms with Crippen molar-refractivity contribution in [2.75, 3.05) is 0 Å². The molecule has 1 aromatic rings. The van der Waals surface area contributed by atoms with E-state index in [1.807, 2.05) is 0 Å². The zero-order chi connectivity index (χ0) is 8.97. The highest BCUT2D eigenvalue weighted by Gasteiger charge is 1.99. The number of carbonyl (C=O) groups is 1. The minimum atomic E-state index is -1.31. The van der Waals surface area contributed by atoms with Crippen LogP contribution < -0.4 is 4.74 Å². The molecular formula is C8H7ClO3. The first-order chi connectivity index (χ1) is 5.72. The van der Waals surface area contributed by atoms with Crippen LogP contribution in [0.5, 0.6) is 5.75 Å². The summed E-state index contributed by atoms with van der Waals surface area (Å²) in [6, 6.07) is 6.55. The number of ether oxygens (including phenoxy) is 1. The second kappa shape index (κ2) is 3.97. The summed E-state index contributed by atoms with van der Waals surface area (Å²) < 4.78 is 4.39. The fraction of sp³-hybridized carbons (Fsp3) is 0.125. The Kier molecular flexibility index (Phi) is 2.94. The van der Waals surface area contributed by atoms with Gasteiger partial charge in [-0.3, -0.25) is 0 Å². The van der Waals surface area contributed by atoms with Crippen molar-refractivity contribution in [2.24, 2.45) is 0 Å². The van der Waals surface area contributed by atoms with Crippen LogP contribution in [-0.4, -0.2) is 11.3 Å². The molecule has 0 amide bonds. The Morgan fingerprint density at radius 1 is 1.42 bits per heavy atom. The van der Waals surface area contributed by atoms with Gasteiger partial charge in [-0.05, 0) is 17.7 Å². The molecular weight excluding hydrogens is 180 g/mol. The SMILES string of the molecule is O=C(O)Oc1ccc(CCl)cc1. The monoisotopic (exact) mass is 186 g/mol. The summed E-state index contributed by atoms with van der Waals surface area (Å²) >= 11 is 5.53. The van der Waals surface area contributed by atoms with Gasteiger partial charge >= 0.3 is 6.16 Å². The lowest BCUT2D eigenvalue weighted by atomic mass is 10.2. The van der Waals surface area contributed by atoms with Crippen LogP contribution in [0.25, 0.3) is 0 Å². The Bertz CT molecular complexity index is 268. The molecule has 0 aromatic heterocycles. The molecule has 0 saturated heterocycles. The Hall–Kier alpha value is -1.22. The Morgan fingerprint density at radius 3 is 2.42 bits per heavy atom. The molecule has 64 valence electrons. The molecule has 0 atom stereocenters. The molecule has 0 radical (unpaired) electrons. The average molecular weight is 187 g/mol.